The van der Waals surface area contributed by atoms with Crippen molar-refractivity contribution in [2.75, 3.05) is 5.32 Å². The van der Waals surface area contributed by atoms with Crippen molar-refractivity contribution < 1.29 is 9.53 Å². The zero-order valence-corrected chi connectivity index (χ0v) is 15.8. The molecule has 3 rings (SSSR count). The summed E-state index contributed by atoms with van der Waals surface area (Å²) in [5.41, 5.74) is 3.43. The van der Waals surface area contributed by atoms with Crippen LogP contribution in [-0.2, 0) is 4.74 Å². The molecule has 128 valence electrons. The van der Waals surface area contributed by atoms with E-state index in [1.165, 1.54) is 0 Å². The topological polar surface area (TPSA) is 64.1 Å². The van der Waals surface area contributed by atoms with Crippen molar-refractivity contribution in [3.63, 3.8) is 0 Å². The molecule has 0 aliphatic rings. The van der Waals surface area contributed by atoms with Crippen LogP contribution in [0.3, 0.4) is 0 Å². The van der Waals surface area contributed by atoms with Gasteiger partial charge in [-0.05, 0) is 56.7 Å². The van der Waals surface area contributed by atoms with Gasteiger partial charge in [0.15, 0.2) is 11.5 Å². The van der Waals surface area contributed by atoms with Crippen molar-refractivity contribution in [1.82, 2.24) is 9.97 Å². The Morgan fingerprint density at radius 1 is 1.12 bits per heavy atom. The highest BCUT2D eigenvalue weighted by Crippen LogP contribution is 2.25. The van der Waals surface area contributed by atoms with Gasteiger partial charge in [0.1, 0.15) is 0 Å². The normalized spacial score (nSPS) is 10.9. The Morgan fingerprint density at radius 2 is 1.80 bits per heavy atom. The summed E-state index contributed by atoms with van der Waals surface area (Å²) in [4.78, 5) is 21.5. The van der Waals surface area contributed by atoms with Gasteiger partial charge in [0, 0.05) is 10.2 Å². The van der Waals surface area contributed by atoms with Gasteiger partial charge in [0.25, 0.3) is 0 Å². The summed E-state index contributed by atoms with van der Waals surface area (Å²) in [6, 6.07) is 13.2. The fraction of sp³-hybridized carbons (Fsp3) is 0.211. The van der Waals surface area contributed by atoms with E-state index >= 15 is 0 Å². The third-order valence-electron chi connectivity index (χ3n) is 3.53. The van der Waals surface area contributed by atoms with E-state index in [-0.39, 0.29) is 11.8 Å². The minimum absolute atomic E-state index is 0.174. The van der Waals surface area contributed by atoms with E-state index in [9.17, 15) is 4.79 Å². The zero-order valence-electron chi connectivity index (χ0n) is 14.2. The van der Waals surface area contributed by atoms with Crippen LogP contribution >= 0.6 is 15.9 Å². The molecular weight excluding hydrogens is 382 g/mol. The molecule has 1 N–H and O–H groups in total. The second-order valence-electron chi connectivity index (χ2n) is 5.95. The molecule has 0 bridgehead atoms. The molecule has 1 aromatic heterocycles. The van der Waals surface area contributed by atoms with Crippen LogP contribution in [-0.4, -0.2) is 22.0 Å². The average Bonchev–Trinajstić information content (AvgIpc) is 2.57. The van der Waals surface area contributed by atoms with Crippen molar-refractivity contribution in [1.29, 1.82) is 0 Å². The van der Waals surface area contributed by atoms with E-state index in [1.807, 2.05) is 49.4 Å². The minimum atomic E-state index is -0.496. The van der Waals surface area contributed by atoms with Crippen molar-refractivity contribution in [2.45, 2.75) is 26.9 Å². The third-order valence-corrected chi connectivity index (χ3v) is 4.42. The second kappa shape index (κ2) is 7.19. The van der Waals surface area contributed by atoms with E-state index in [2.05, 4.69) is 31.2 Å². The highest BCUT2D eigenvalue weighted by Gasteiger charge is 2.19. The van der Waals surface area contributed by atoms with Crippen LogP contribution in [0.5, 0.6) is 0 Å². The molecule has 6 heteroatoms. The van der Waals surface area contributed by atoms with E-state index in [0.717, 1.165) is 15.7 Å². The Balaban J connectivity index is 2.07. The lowest BCUT2D eigenvalue weighted by Gasteiger charge is -2.13. The molecule has 2 aromatic carbocycles. The second-order valence-corrected chi connectivity index (χ2v) is 6.81. The van der Waals surface area contributed by atoms with Gasteiger partial charge in [-0.2, -0.15) is 0 Å². The van der Waals surface area contributed by atoms with Crippen LogP contribution in [0.1, 0.15) is 29.9 Å². The number of halogens is 1. The first-order valence-electron chi connectivity index (χ1n) is 7.95. The number of para-hydroxylation sites is 2. The van der Waals surface area contributed by atoms with Crippen LogP contribution in [0, 0.1) is 6.92 Å². The number of anilines is 2. The van der Waals surface area contributed by atoms with Crippen molar-refractivity contribution in [2.24, 2.45) is 0 Å². The number of fused-ring (bicyclic) bond motifs is 1. The molecule has 0 amide bonds. The molecule has 0 atom stereocenters. The van der Waals surface area contributed by atoms with Crippen molar-refractivity contribution in [3.05, 3.63) is 58.2 Å². The molecule has 0 unspecified atom stereocenters. The first-order chi connectivity index (χ1) is 11.9. The molecule has 0 saturated carbocycles. The highest BCUT2D eigenvalue weighted by atomic mass is 79.9. The van der Waals surface area contributed by atoms with Gasteiger partial charge in [-0.25, -0.2) is 14.8 Å². The number of ether oxygens (including phenoxy) is 1. The summed E-state index contributed by atoms with van der Waals surface area (Å²) >= 11 is 3.48. The lowest BCUT2D eigenvalue weighted by molar-refractivity contribution is 0.0372. The Kier molecular flexibility index (Phi) is 4.99. The summed E-state index contributed by atoms with van der Waals surface area (Å²) in [5, 5.41) is 3.19. The summed E-state index contributed by atoms with van der Waals surface area (Å²) in [7, 11) is 0. The highest BCUT2D eigenvalue weighted by molar-refractivity contribution is 9.10. The molecule has 0 aliphatic carbocycles. The van der Waals surface area contributed by atoms with E-state index in [1.54, 1.807) is 13.8 Å². The molecule has 25 heavy (non-hydrogen) atoms. The predicted octanol–water partition coefficient (Wildman–Crippen LogP) is 5.01. The van der Waals surface area contributed by atoms with Crippen LogP contribution < -0.4 is 5.32 Å². The number of benzene rings is 2. The summed E-state index contributed by atoms with van der Waals surface area (Å²) in [6.45, 7) is 5.60. The van der Waals surface area contributed by atoms with Gasteiger partial charge in [-0.1, -0.05) is 28.1 Å². The van der Waals surface area contributed by atoms with E-state index < -0.39 is 5.97 Å². The van der Waals surface area contributed by atoms with Crippen molar-refractivity contribution in [3.8, 4) is 0 Å². The van der Waals surface area contributed by atoms with Gasteiger partial charge in [-0.15, -0.1) is 0 Å². The number of hydrogen-bond donors (Lipinski definition) is 1. The maximum atomic E-state index is 12.5. The number of carbonyl (C=O) groups is 1. The standard InChI is InChI=1S/C19H18BrN3O2/c1-11(2)25-19(24)17-18(21-13-8-9-14(20)12(3)10-13)23-16-7-5-4-6-15(16)22-17/h4-11H,1-3H3,(H,21,23). The Bertz CT molecular complexity index is 941. The largest absolute Gasteiger partial charge is 0.458 e. The van der Waals surface area contributed by atoms with E-state index in [4.69, 9.17) is 4.74 Å². The third kappa shape index (κ3) is 3.96. The minimum Gasteiger partial charge on any atom is -0.458 e. The molecule has 0 aliphatic heterocycles. The van der Waals surface area contributed by atoms with Gasteiger partial charge < -0.3 is 10.1 Å². The smallest absolute Gasteiger partial charge is 0.361 e. The number of nitrogens with zero attached hydrogens (tertiary/aromatic N) is 2. The average molecular weight is 400 g/mol. The van der Waals surface area contributed by atoms with E-state index in [0.29, 0.717) is 16.9 Å². The molecule has 0 fully saturated rings. The van der Waals surface area contributed by atoms with Crippen LogP contribution in [0.4, 0.5) is 11.5 Å². The van der Waals surface area contributed by atoms with Crippen LogP contribution in [0.25, 0.3) is 11.0 Å². The van der Waals surface area contributed by atoms with Crippen LogP contribution in [0.15, 0.2) is 46.9 Å². The fourth-order valence-electron chi connectivity index (χ4n) is 2.36. The maximum absolute atomic E-state index is 12.5. The van der Waals surface area contributed by atoms with Gasteiger partial charge in [0.05, 0.1) is 17.1 Å². The number of esters is 1. The Morgan fingerprint density at radius 3 is 2.44 bits per heavy atom. The van der Waals surface area contributed by atoms with Crippen molar-refractivity contribution >= 4 is 44.4 Å². The number of nitrogens with one attached hydrogen (secondary N) is 1. The summed E-state index contributed by atoms with van der Waals surface area (Å²) < 4.78 is 6.33. The number of rotatable bonds is 4. The van der Waals surface area contributed by atoms with Gasteiger partial charge >= 0.3 is 5.97 Å². The first-order valence-corrected chi connectivity index (χ1v) is 8.74. The molecule has 0 spiro atoms. The lowest BCUT2D eigenvalue weighted by atomic mass is 10.2. The molecule has 0 radical (unpaired) electrons. The summed E-state index contributed by atoms with van der Waals surface area (Å²) in [6.07, 6.45) is -0.233. The molecule has 0 saturated heterocycles. The molecule has 5 nitrogen and oxygen atoms in total. The number of hydrogen-bond acceptors (Lipinski definition) is 5. The first kappa shape index (κ1) is 17.4. The SMILES string of the molecule is Cc1cc(Nc2nc3ccccc3nc2C(=O)OC(C)C)ccc1Br. The quantitative estimate of drug-likeness (QED) is 0.624. The summed E-state index contributed by atoms with van der Waals surface area (Å²) in [5.74, 6) is -0.115. The molecule has 1 heterocycles. The fourth-order valence-corrected chi connectivity index (χ4v) is 2.61. The Hall–Kier alpha value is -2.47. The van der Waals surface area contributed by atoms with Gasteiger partial charge in [-0.3, -0.25) is 0 Å². The lowest BCUT2D eigenvalue weighted by Crippen LogP contribution is -2.16. The van der Waals surface area contributed by atoms with Gasteiger partial charge in [0.2, 0.25) is 0 Å². The van der Waals surface area contributed by atoms with Crippen LogP contribution in [0.2, 0.25) is 0 Å². The monoisotopic (exact) mass is 399 g/mol. The molecular formula is C19H18BrN3O2. The number of carbonyl (C=O) groups excluding carboxylic acids is 1. The zero-order chi connectivity index (χ0) is 18.0. The Labute approximate surface area is 154 Å². The number of aromatic nitrogens is 2. The predicted molar refractivity (Wildman–Crippen MR) is 102 cm³/mol. The number of aryl methyl sites for hydroxylation is 1. The maximum Gasteiger partial charge on any atom is 0.361 e. The molecule has 3 aromatic rings.